The number of nitrogens with zero attached hydrogens (tertiary/aromatic N) is 1. The number of para-hydroxylation sites is 1. The number of pyridine rings is 1. The van der Waals surface area contributed by atoms with Crippen LogP contribution < -0.4 is 5.73 Å². The maximum absolute atomic E-state index is 5.64. The van der Waals surface area contributed by atoms with E-state index in [1.54, 1.807) is 0 Å². The molecular weight excluding hydrogens is 220 g/mol. The van der Waals surface area contributed by atoms with E-state index in [4.69, 9.17) is 10.7 Å². The minimum absolute atomic E-state index is 0.111. The highest BCUT2D eigenvalue weighted by atomic mass is 14.7. The lowest BCUT2D eigenvalue weighted by molar-refractivity contribution is 0.594. The number of aromatic nitrogens is 1. The van der Waals surface area contributed by atoms with Crippen LogP contribution in [0.15, 0.2) is 24.3 Å². The van der Waals surface area contributed by atoms with Crippen molar-refractivity contribution in [3.8, 4) is 0 Å². The van der Waals surface area contributed by atoms with Gasteiger partial charge in [0.2, 0.25) is 0 Å². The highest BCUT2D eigenvalue weighted by Crippen LogP contribution is 2.30. The standard InChI is InChI=1S/C16H22N2/c1-11-10-12(8-9-17)18-15-13(11)6-5-7-14(15)16(2,3)4/h5-7,10H,8-9,17H2,1-4H3. The van der Waals surface area contributed by atoms with Crippen LogP contribution in [0, 0.1) is 6.92 Å². The Labute approximate surface area is 109 Å². The molecule has 0 aliphatic heterocycles. The number of hydrogen-bond donors (Lipinski definition) is 1. The summed E-state index contributed by atoms with van der Waals surface area (Å²) in [5.41, 5.74) is 10.6. The highest BCUT2D eigenvalue weighted by Gasteiger charge is 2.18. The third-order valence-corrected chi connectivity index (χ3v) is 3.31. The van der Waals surface area contributed by atoms with Crippen molar-refractivity contribution in [2.75, 3.05) is 6.54 Å². The Hall–Kier alpha value is -1.41. The van der Waals surface area contributed by atoms with E-state index in [0.29, 0.717) is 6.54 Å². The van der Waals surface area contributed by atoms with E-state index in [0.717, 1.165) is 17.6 Å². The van der Waals surface area contributed by atoms with Gasteiger partial charge in [-0.3, -0.25) is 4.98 Å². The fourth-order valence-corrected chi connectivity index (χ4v) is 2.37. The van der Waals surface area contributed by atoms with Crippen molar-refractivity contribution in [2.24, 2.45) is 5.73 Å². The van der Waals surface area contributed by atoms with Crippen LogP contribution in [-0.4, -0.2) is 11.5 Å². The maximum atomic E-state index is 5.64. The Balaban J connectivity index is 2.74. The van der Waals surface area contributed by atoms with Crippen molar-refractivity contribution in [1.82, 2.24) is 4.98 Å². The van der Waals surface area contributed by atoms with Crippen LogP contribution in [-0.2, 0) is 11.8 Å². The van der Waals surface area contributed by atoms with Crippen LogP contribution in [0.25, 0.3) is 10.9 Å². The van der Waals surface area contributed by atoms with E-state index in [1.807, 2.05) is 0 Å². The zero-order chi connectivity index (χ0) is 13.3. The Morgan fingerprint density at radius 1 is 1.22 bits per heavy atom. The Bertz CT molecular complexity index is 565. The van der Waals surface area contributed by atoms with Crippen LogP contribution >= 0.6 is 0 Å². The van der Waals surface area contributed by atoms with Gasteiger partial charge in [-0.05, 0) is 36.1 Å². The predicted octanol–water partition coefficient (Wildman–Crippen LogP) is 3.34. The molecule has 96 valence electrons. The molecule has 0 atom stereocenters. The summed E-state index contributed by atoms with van der Waals surface area (Å²) in [5.74, 6) is 0. The number of rotatable bonds is 2. The molecule has 0 saturated carbocycles. The van der Waals surface area contributed by atoms with Gasteiger partial charge in [-0.15, -0.1) is 0 Å². The molecule has 0 spiro atoms. The second-order valence-electron chi connectivity index (χ2n) is 5.92. The molecule has 0 fully saturated rings. The monoisotopic (exact) mass is 242 g/mol. The summed E-state index contributed by atoms with van der Waals surface area (Å²) in [6.07, 6.45) is 0.843. The van der Waals surface area contributed by atoms with Gasteiger partial charge in [0.1, 0.15) is 0 Å². The zero-order valence-electron chi connectivity index (χ0n) is 11.7. The van der Waals surface area contributed by atoms with Crippen LogP contribution in [0.1, 0.15) is 37.6 Å². The molecule has 18 heavy (non-hydrogen) atoms. The number of fused-ring (bicyclic) bond motifs is 1. The molecule has 2 heteroatoms. The topological polar surface area (TPSA) is 38.9 Å². The first kappa shape index (κ1) is 13.0. The summed E-state index contributed by atoms with van der Waals surface area (Å²) in [6, 6.07) is 8.61. The van der Waals surface area contributed by atoms with E-state index in [1.165, 1.54) is 16.5 Å². The Kier molecular flexibility index (Phi) is 3.40. The van der Waals surface area contributed by atoms with Crippen LogP contribution in [0.4, 0.5) is 0 Å². The number of hydrogen-bond acceptors (Lipinski definition) is 2. The molecule has 0 bridgehead atoms. The molecule has 0 amide bonds. The van der Waals surface area contributed by atoms with Crippen LogP contribution in [0.2, 0.25) is 0 Å². The van der Waals surface area contributed by atoms with Gasteiger partial charge in [-0.1, -0.05) is 39.0 Å². The first-order valence-electron chi connectivity index (χ1n) is 6.53. The fourth-order valence-electron chi connectivity index (χ4n) is 2.37. The lowest BCUT2D eigenvalue weighted by atomic mass is 9.85. The van der Waals surface area contributed by atoms with Gasteiger partial charge in [0.05, 0.1) is 5.52 Å². The lowest BCUT2D eigenvalue weighted by Crippen LogP contribution is -2.13. The number of benzene rings is 1. The first-order valence-corrected chi connectivity index (χ1v) is 6.53. The summed E-state index contributed by atoms with van der Waals surface area (Å²) in [4.78, 5) is 4.81. The van der Waals surface area contributed by atoms with Gasteiger partial charge in [0.25, 0.3) is 0 Å². The molecule has 2 N–H and O–H groups in total. The Morgan fingerprint density at radius 3 is 2.56 bits per heavy atom. The van der Waals surface area contributed by atoms with Gasteiger partial charge < -0.3 is 5.73 Å². The molecule has 1 aromatic heterocycles. The molecule has 1 heterocycles. The van der Waals surface area contributed by atoms with Crippen molar-refractivity contribution in [3.63, 3.8) is 0 Å². The third-order valence-electron chi connectivity index (χ3n) is 3.31. The van der Waals surface area contributed by atoms with Crippen molar-refractivity contribution in [2.45, 2.75) is 39.5 Å². The summed E-state index contributed by atoms with van der Waals surface area (Å²) >= 11 is 0. The fraction of sp³-hybridized carbons (Fsp3) is 0.438. The normalized spacial score (nSPS) is 12.1. The minimum Gasteiger partial charge on any atom is -0.330 e. The van der Waals surface area contributed by atoms with Gasteiger partial charge in [0, 0.05) is 17.5 Å². The Morgan fingerprint density at radius 2 is 1.94 bits per heavy atom. The summed E-state index contributed by atoms with van der Waals surface area (Å²) in [5, 5.41) is 1.25. The van der Waals surface area contributed by atoms with Crippen LogP contribution in [0.5, 0.6) is 0 Å². The number of nitrogens with two attached hydrogens (primary N) is 1. The van der Waals surface area contributed by atoms with E-state index < -0.39 is 0 Å². The smallest absolute Gasteiger partial charge is 0.0745 e. The molecule has 1 aromatic carbocycles. The quantitative estimate of drug-likeness (QED) is 0.877. The number of aryl methyl sites for hydroxylation is 1. The molecule has 0 aliphatic rings. The van der Waals surface area contributed by atoms with Gasteiger partial charge in [0.15, 0.2) is 0 Å². The van der Waals surface area contributed by atoms with Crippen molar-refractivity contribution >= 4 is 10.9 Å². The molecule has 2 aromatic rings. The largest absolute Gasteiger partial charge is 0.330 e. The highest BCUT2D eigenvalue weighted by molar-refractivity contribution is 5.85. The van der Waals surface area contributed by atoms with Crippen LogP contribution in [0.3, 0.4) is 0 Å². The third kappa shape index (κ3) is 2.39. The van der Waals surface area contributed by atoms with Crippen molar-refractivity contribution in [1.29, 1.82) is 0 Å². The van der Waals surface area contributed by atoms with Crippen molar-refractivity contribution in [3.05, 3.63) is 41.1 Å². The summed E-state index contributed by atoms with van der Waals surface area (Å²) in [7, 11) is 0. The summed E-state index contributed by atoms with van der Waals surface area (Å²) in [6.45, 7) is 9.49. The molecule has 2 rings (SSSR count). The maximum Gasteiger partial charge on any atom is 0.0745 e. The minimum atomic E-state index is 0.111. The molecule has 0 aliphatic carbocycles. The van der Waals surface area contributed by atoms with Crippen molar-refractivity contribution < 1.29 is 0 Å². The first-order chi connectivity index (χ1) is 8.43. The zero-order valence-corrected chi connectivity index (χ0v) is 11.7. The summed E-state index contributed by atoms with van der Waals surface area (Å²) < 4.78 is 0. The SMILES string of the molecule is Cc1cc(CCN)nc2c(C(C)(C)C)cccc12. The average molecular weight is 242 g/mol. The van der Waals surface area contributed by atoms with E-state index in [2.05, 4.69) is 52.0 Å². The average Bonchev–Trinajstić information content (AvgIpc) is 2.27. The molecule has 0 radical (unpaired) electrons. The van der Waals surface area contributed by atoms with E-state index in [9.17, 15) is 0 Å². The lowest BCUT2D eigenvalue weighted by Gasteiger charge is -2.21. The van der Waals surface area contributed by atoms with Gasteiger partial charge in [-0.2, -0.15) is 0 Å². The van der Waals surface area contributed by atoms with Gasteiger partial charge >= 0.3 is 0 Å². The van der Waals surface area contributed by atoms with E-state index in [-0.39, 0.29) is 5.41 Å². The molecule has 0 unspecified atom stereocenters. The second-order valence-corrected chi connectivity index (χ2v) is 5.92. The predicted molar refractivity (Wildman–Crippen MR) is 77.9 cm³/mol. The van der Waals surface area contributed by atoms with E-state index >= 15 is 0 Å². The molecule has 2 nitrogen and oxygen atoms in total. The molecule has 0 saturated heterocycles. The molecular formula is C16H22N2. The second kappa shape index (κ2) is 4.69. The van der Waals surface area contributed by atoms with Gasteiger partial charge in [-0.25, -0.2) is 0 Å².